The first-order valence-electron chi connectivity index (χ1n) is 7.25. The first kappa shape index (κ1) is 14.9. The first-order chi connectivity index (χ1) is 8.26. The van der Waals surface area contributed by atoms with Crippen molar-refractivity contribution in [3.63, 3.8) is 0 Å². The average Bonchev–Trinajstić information content (AvgIpc) is 2.36. The average molecular weight is 242 g/mol. The predicted molar refractivity (Wildman–Crippen MR) is 73.4 cm³/mol. The molecule has 3 nitrogen and oxygen atoms in total. The van der Waals surface area contributed by atoms with Crippen molar-refractivity contribution >= 4 is 0 Å². The zero-order chi connectivity index (χ0) is 12.5. The van der Waals surface area contributed by atoms with Gasteiger partial charge < -0.3 is 15.0 Å². The molecule has 0 aromatic heterocycles. The Morgan fingerprint density at radius 1 is 1.24 bits per heavy atom. The molecule has 0 aliphatic carbocycles. The molecule has 1 aliphatic heterocycles. The van der Waals surface area contributed by atoms with Crippen LogP contribution >= 0.6 is 0 Å². The molecule has 17 heavy (non-hydrogen) atoms. The maximum Gasteiger partial charge on any atom is 0.0469 e. The number of likely N-dealkylation sites (N-methyl/N-ethyl adjacent to an activating group) is 1. The molecule has 0 aromatic rings. The Hall–Kier alpha value is -0.120. The minimum atomic E-state index is 0.700. The van der Waals surface area contributed by atoms with Crippen molar-refractivity contribution in [3.8, 4) is 0 Å². The molecule has 0 spiro atoms. The summed E-state index contributed by atoms with van der Waals surface area (Å²) in [6, 6.07) is 0.700. The molecule has 1 N–H and O–H groups in total. The fourth-order valence-electron chi connectivity index (χ4n) is 2.50. The number of nitrogens with zero attached hydrogens (tertiary/aromatic N) is 1. The zero-order valence-electron chi connectivity index (χ0n) is 11.9. The molecule has 0 bridgehead atoms. The standard InChI is InChI=1S/C14H30N2O/c1-4-14(5-2)15-8-9-16(3)12-13-6-10-17-11-7-13/h13-15H,4-12H2,1-3H3. The molecule has 1 aliphatic rings. The van der Waals surface area contributed by atoms with E-state index in [0.717, 1.165) is 32.2 Å². The van der Waals surface area contributed by atoms with E-state index in [9.17, 15) is 0 Å². The van der Waals surface area contributed by atoms with Crippen molar-refractivity contribution in [2.24, 2.45) is 5.92 Å². The van der Waals surface area contributed by atoms with Gasteiger partial charge in [-0.3, -0.25) is 0 Å². The third-order valence-electron chi connectivity index (χ3n) is 3.82. The van der Waals surface area contributed by atoms with Gasteiger partial charge in [-0.2, -0.15) is 0 Å². The summed E-state index contributed by atoms with van der Waals surface area (Å²) in [6.07, 6.45) is 4.95. The summed E-state index contributed by atoms with van der Waals surface area (Å²) in [7, 11) is 2.24. The Balaban J connectivity index is 2.05. The second-order valence-corrected chi connectivity index (χ2v) is 5.29. The van der Waals surface area contributed by atoms with Gasteiger partial charge >= 0.3 is 0 Å². The Kier molecular flexibility index (Phi) is 7.82. The molecule has 0 unspecified atom stereocenters. The van der Waals surface area contributed by atoms with Crippen LogP contribution in [0.5, 0.6) is 0 Å². The fraction of sp³-hybridized carbons (Fsp3) is 1.00. The van der Waals surface area contributed by atoms with Gasteiger partial charge in [0, 0.05) is 38.9 Å². The first-order valence-corrected chi connectivity index (χ1v) is 7.25. The molecule has 1 heterocycles. The molecule has 1 fully saturated rings. The highest BCUT2D eigenvalue weighted by Gasteiger charge is 2.15. The molecule has 0 amide bonds. The van der Waals surface area contributed by atoms with Crippen LogP contribution in [-0.2, 0) is 4.74 Å². The van der Waals surface area contributed by atoms with Gasteiger partial charge in [-0.1, -0.05) is 13.8 Å². The molecule has 1 saturated heterocycles. The number of rotatable bonds is 8. The van der Waals surface area contributed by atoms with E-state index >= 15 is 0 Å². The monoisotopic (exact) mass is 242 g/mol. The van der Waals surface area contributed by atoms with E-state index in [1.54, 1.807) is 0 Å². The lowest BCUT2D eigenvalue weighted by atomic mass is 10.00. The molecule has 102 valence electrons. The molecular weight excluding hydrogens is 212 g/mol. The highest BCUT2D eigenvalue weighted by molar-refractivity contribution is 4.69. The van der Waals surface area contributed by atoms with Gasteiger partial charge in [0.2, 0.25) is 0 Å². The highest BCUT2D eigenvalue weighted by atomic mass is 16.5. The lowest BCUT2D eigenvalue weighted by molar-refractivity contribution is 0.0558. The summed E-state index contributed by atoms with van der Waals surface area (Å²) in [6.45, 7) is 9.95. The van der Waals surface area contributed by atoms with Crippen molar-refractivity contribution in [2.75, 3.05) is 39.9 Å². The Labute approximate surface area is 107 Å². The number of hydrogen-bond donors (Lipinski definition) is 1. The zero-order valence-corrected chi connectivity index (χ0v) is 11.9. The van der Waals surface area contributed by atoms with Crippen LogP contribution in [0.2, 0.25) is 0 Å². The molecule has 1 rings (SSSR count). The van der Waals surface area contributed by atoms with Crippen LogP contribution in [0, 0.1) is 5.92 Å². The second kappa shape index (κ2) is 8.90. The Morgan fingerprint density at radius 3 is 2.47 bits per heavy atom. The molecule has 0 atom stereocenters. The van der Waals surface area contributed by atoms with E-state index in [1.165, 1.54) is 32.2 Å². The number of hydrogen-bond acceptors (Lipinski definition) is 3. The minimum absolute atomic E-state index is 0.700. The van der Waals surface area contributed by atoms with Crippen LogP contribution in [0.15, 0.2) is 0 Å². The van der Waals surface area contributed by atoms with Crippen molar-refractivity contribution in [1.82, 2.24) is 10.2 Å². The second-order valence-electron chi connectivity index (χ2n) is 5.29. The van der Waals surface area contributed by atoms with Crippen molar-refractivity contribution in [1.29, 1.82) is 0 Å². The minimum Gasteiger partial charge on any atom is -0.381 e. The topological polar surface area (TPSA) is 24.5 Å². The number of ether oxygens (including phenoxy) is 1. The molecule has 0 radical (unpaired) electrons. The van der Waals surface area contributed by atoms with E-state index in [2.05, 4.69) is 31.1 Å². The summed E-state index contributed by atoms with van der Waals surface area (Å²) in [4.78, 5) is 2.46. The summed E-state index contributed by atoms with van der Waals surface area (Å²) in [5.41, 5.74) is 0. The molecular formula is C14H30N2O. The quantitative estimate of drug-likeness (QED) is 0.705. The number of nitrogens with one attached hydrogen (secondary N) is 1. The maximum absolute atomic E-state index is 5.39. The van der Waals surface area contributed by atoms with Crippen LogP contribution in [0.25, 0.3) is 0 Å². The lowest BCUT2D eigenvalue weighted by Crippen LogP contribution is -2.37. The molecule has 0 saturated carbocycles. The molecule has 3 heteroatoms. The smallest absolute Gasteiger partial charge is 0.0469 e. The third-order valence-corrected chi connectivity index (χ3v) is 3.82. The Morgan fingerprint density at radius 2 is 1.88 bits per heavy atom. The highest BCUT2D eigenvalue weighted by Crippen LogP contribution is 2.15. The van der Waals surface area contributed by atoms with E-state index in [1.807, 2.05) is 0 Å². The summed E-state index contributed by atoms with van der Waals surface area (Å²) < 4.78 is 5.39. The SMILES string of the molecule is CCC(CC)NCCN(C)CC1CCOCC1. The van der Waals surface area contributed by atoms with Crippen LogP contribution in [0.3, 0.4) is 0 Å². The van der Waals surface area contributed by atoms with E-state index in [4.69, 9.17) is 4.74 Å². The van der Waals surface area contributed by atoms with E-state index < -0.39 is 0 Å². The van der Waals surface area contributed by atoms with Crippen molar-refractivity contribution in [3.05, 3.63) is 0 Å². The van der Waals surface area contributed by atoms with E-state index in [-0.39, 0.29) is 0 Å². The van der Waals surface area contributed by atoms with Gasteiger partial charge in [-0.25, -0.2) is 0 Å². The Bertz CT molecular complexity index is 177. The summed E-state index contributed by atoms with van der Waals surface area (Å²) in [5, 5.41) is 3.62. The fourth-order valence-corrected chi connectivity index (χ4v) is 2.50. The van der Waals surface area contributed by atoms with Gasteiger partial charge in [0.25, 0.3) is 0 Å². The summed E-state index contributed by atoms with van der Waals surface area (Å²) >= 11 is 0. The van der Waals surface area contributed by atoms with Crippen molar-refractivity contribution in [2.45, 2.75) is 45.6 Å². The van der Waals surface area contributed by atoms with E-state index in [0.29, 0.717) is 6.04 Å². The summed E-state index contributed by atoms with van der Waals surface area (Å²) in [5.74, 6) is 0.849. The van der Waals surface area contributed by atoms with Crippen LogP contribution in [-0.4, -0.2) is 50.8 Å². The van der Waals surface area contributed by atoms with Gasteiger partial charge in [-0.05, 0) is 38.6 Å². The van der Waals surface area contributed by atoms with Crippen molar-refractivity contribution < 1.29 is 4.74 Å². The molecule has 0 aromatic carbocycles. The van der Waals surface area contributed by atoms with Gasteiger partial charge in [0.05, 0.1) is 0 Å². The normalized spacial score (nSPS) is 18.2. The van der Waals surface area contributed by atoms with Gasteiger partial charge in [0.1, 0.15) is 0 Å². The van der Waals surface area contributed by atoms with Crippen LogP contribution < -0.4 is 5.32 Å². The third kappa shape index (κ3) is 6.39. The van der Waals surface area contributed by atoms with Crippen LogP contribution in [0.1, 0.15) is 39.5 Å². The predicted octanol–water partition coefficient (Wildman–Crippen LogP) is 2.12. The van der Waals surface area contributed by atoms with Crippen LogP contribution in [0.4, 0.5) is 0 Å². The van der Waals surface area contributed by atoms with Gasteiger partial charge in [0.15, 0.2) is 0 Å². The van der Waals surface area contributed by atoms with Gasteiger partial charge in [-0.15, -0.1) is 0 Å². The lowest BCUT2D eigenvalue weighted by Gasteiger charge is -2.27. The largest absolute Gasteiger partial charge is 0.381 e. The maximum atomic E-state index is 5.39.